The molecule has 2 nitrogen and oxygen atoms in total. The Bertz CT molecular complexity index is 9090. The number of benzene rings is 21. The van der Waals surface area contributed by atoms with Crippen LogP contribution < -0.4 is 20.7 Å². The Labute approximate surface area is 855 Å². The average molecular weight is 1900 g/mol. The van der Waals surface area contributed by atoms with Gasteiger partial charge in [-0.05, 0) is 364 Å². The maximum atomic E-state index is 7.46. The summed E-state index contributed by atoms with van der Waals surface area (Å²) >= 11 is 0. The molecule has 4 heteroatoms. The molecule has 0 amide bonds. The molecular weight excluding hydrogens is 1790 g/mol. The summed E-state index contributed by atoms with van der Waals surface area (Å²) in [5.41, 5.74) is 58.6. The maximum Gasteiger partial charge on any atom is 0.143 e. The van der Waals surface area contributed by atoms with Crippen LogP contribution in [0.1, 0.15) is 99.9 Å². The summed E-state index contributed by atoms with van der Waals surface area (Å²) in [6.07, 6.45) is 0. The van der Waals surface area contributed by atoms with E-state index in [2.05, 4.69) is 506 Å². The molecule has 0 saturated carbocycles. The van der Waals surface area contributed by atoms with Crippen molar-refractivity contribution in [2.24, 2.45) is 0 Å². The first-order chi connectivity index (χ1) is 70.8. The second kappa shape index (κ2) is 31.1. The molecule has 0 bridgehead atoms. The predicted molar refractivity (Wildman–Crippen MR) is 621 cm³/mol. The van der Waals surface area contributed by atoms with E-state index in [-0.39, 0.29) is 21.7 Å². The Morgan fingerprint density at radius 2 is 0.356 bits per heavy atom. The van der Waals surface area contributed by atoms with Crippen molar-refractivity contribution in [2.75, 3.05) is 0 Å². The molecule has 0 fully saturated rings. The minimum absolute atomic E-state index is 0.250. The highest BCUT2D eigenvalue weighted by molar-refractivity contribution is 7.06. The molecule has 21 aromatic carbocycles. The van der Waals surface area contributed by atoms with Crippen LogP contribution in [0, 0.1) is 0 Å². The van der Waals surface area contributed by atoms with Crippen molar-refractivity contribution in [3.05, 3.63) is 469 Å². The monoisotopic (exact) mass is 1900 g/mol. The molecule has 2 aromatic heterocycles. The fourth-order valence-corrected chi connectivity index (χ4v) is 33.1. The van der Waals surface area contributed by atoms with Crippen LogP contribution in [0.2, 0.25) is 26.2 Å². The van der Waals surface area contributed by atoms with Crippen molar-refractivity contribution in [3.63, 3.8) is 0 Å². The molecule has 0 saturated heterocycles. The molecule has 2 aliphatic heterocycles. The maximum absolute atomic E-state index is 7.46. The molecule has 29 rings (SSSR count). The zero-order chi connectivity index (χ0) is 98.2. The molecule has 4 heterocycles. The summed E-state index contributed by atoms with van der Waals surface area (Å²) in [5, 5.41) is 10.5. The lowest BCUT2D eigenvalue weighted by Crippen LogP contribution is -2.51. The van der Waals surface area contributed by atoms with Crippen molar-refractivity contribution >= 4 is 80.8 Å². The van der Waals surface area contributed by atoms with Crippen LogP contribution in [0.5, 0.6) is 0 Å². The SMILES string of the molecule is CC1(C)c2cc(-c3cc(-c4ccccc4)cc(-c4cccc(-c5ccccc5)c4)c3)ccc2-c2ccc(-c3ccc4c(c3)C(C)(C)c3cc(-c5cc6c(c7oc8ccccc8c57)-c5cc7c(cc5[Si]6(C)C)-c5c(cc(-c6ccc8c(c6)C(C)(C)c6cc(-c9ccc%10c(c9)C(C)(C)c9cc(-c%11cc(-c%12ccccc%12)cc(-c%12cccc(-c%13ccccc%13)c%12)c%11)ccc9-%10)ccc6-8)c6c5oc5ccccc56)[Si]7(C)C)ccc3-4)cc21. The fourth-order valence-electron chi connectivity index (χ4n) is 27.0. The van der Waals surface area contributed by atoms with Crippen LogP contribution in [0.4, 0.5) is 0 Å². The van der Waals surface area contributed by atoms with Crippen LogP contribution in [-0.4, -0.2) is 16.1 Å². The summed E-state index contributed by atoms with van der Waals surface area (Å²) in [6, 6.07) is 162. The second-order valence-corrected chi connectivity index (χ2v) is 54.0. The summed E-state index contributed by atoms with van der Waals surface area (Å²) in [6.45, 7) is 29.9. The van der Waals surface area contributed by atoms with Crippen LogP contribution in [0.3, 0.4) is 0 Å². The highest BCUT2D eigenvalue weighted by atomic mass is 28.3. The predicted octanol–water partition coefficient (Wildman–Crippen LogP) is 36.3. The van der Waals surface area contributed by atoms with E-state index in [9.17, 15) is 0 Å². The van der Waals surface area contributed by atoms with Gasteiger partial charge in [-0.25, -0.2) is 0 Å². The molecule has 0 spiro atoms. The molecule has 0 radical (unpaired) electrons. The van der Waals surface area contributed by atoms with Gasteiger partial charge in [0.2, 0.25) is 0 Å². The standard InChI is InChI=1S/C142H106O2Si2/c1-139(2)119-71-91(47-55-105(119)109-59-51-95(75-123(109)139)103-67-99(85-35-21-15-22-36-85)65-101(69-103)89-41-29-39-87(63-89)83-31-17-13-18-32-83)93-49-57-107-111-61-53-97(77-125(111)141(5,6)121(107)73-93)115-79-131-135(137-133(115)113-43-25-27-45-127(113)143-137)117-81-130-118(82-129(117)145(131,9)10)136-132(146(130,11)12)80-116(134-114-44-26-28-46-128(114)144-138(134)136)98-54-62-112-108-58-50-94(74-122(108)142(7,8)126(112)78-98)92-48-56-106-110-60-52-96(76-124(110)140(3,4)120(106)72-92)104-68-100(86-37-23-16-24-38-86)66-102(70-104)90-42-30-40-88(64-90)84-33-19-14-20-34-84/h13-82H,1-12H3. The third kappa shape index (κ3) is 12.7. The lowest BCUT2D eigenvalue weighted by atomic mass is 9.79. The third-order valence-corrected chi connectivity index (χ3v) is 42.0. The minimum atomic E-state index is -2.52. The number of hydrogen-bond donors (Lipinski definition) is 0. The number of fused-ring (bicyclic) bond motifs is 26. The second-order valence-electron chi connectivity index (χ2n) is 45.3. The van der Waals surface area contributed by atoms with Gasteiger partial charge in [0.15, 0.2) is 0 Å². The first-order valence-electron chi connectivity index (χ1n) is 51.9. The van der Waals surface area contributed by atoms with E-state index in [4.69, 9.17) is 8.83 Å². The number of para-hydroxylation sites is 2. The first-order valence-corrected chi connectivity index (χ1v) is 57.9. The van der Waals surface area contributed by atoms with Gasteiger partial charge in [-0.15, -0.1) is 0 Å². The van der Waals surface area contributed by atoms with Crippen LogP contribution in [-0.2, 0) is 21.7 Å². The van der Waals surface area contributed by atoms with Gasteiger partial charge in [-0.2, -0.15) is 0 Å². The van der Waals surface area contributed by atoms with Gasteiger partial charge in [0, 0.05) is 54.3 Å². The molecule has 6 aliphatic rings. The minimum Gasteiger partial charge on any atom is -0.455 e. The van der Waals surface area contributed by atoms with Gasteiger partial charge >= 0.3 is 0 Å². The summed E-state index contributed by atoms with van der Waals surface area (Å²) in [4.78, 5) is 0. The lowest BCUT2D eigenvalue weighted by Gasteiger charge is -2.24. The smallest absolute Gasteiger partial charge is 0.143 e. The van der Waals surface area contributed by atoms with Crippen LogP contribution in [0.25, 0.3) is 244 Å². The zero-order valence-electron chi connectivity index (χ0n) is 84.2. The third-order valence-electron chi connectivity index (χ3n) is 35.0. The van der Waals surface area contributed by atoms with Crippen molar-refractivity contribution in [1.29, 1.82) is 0 Å². The van der Waals surface area contributed by atoms with Gasteiger partial charge in [0.25, 0.3) is 0 Å². The van der Waals surface area contributed by atoms with Crippen molar-refractivity contribution in [2.45, 2.75) is 103 Å². The van der Waals surface area contributed by atoms with E-state index in [0.717, 1.165) is 33.1 Å². The molecule has 0 unspecified atom stereocenters. The van der Waals surface area contributed by atoms with Gasteiger partial charge in [0.1, 0.15) is 38.5 Å². The zero-order valence-corrected chi connectivity index (χ0v) is 86.2. The van der Waals surface area contributed by atoms with Crippen molar-refractivity contribution < 1.29 is 8.83 Å². The average Bonchev–Trinajstić information content (AvgIpc) is 1.51. The number of furan rings is 2. The Morgan fingerprint density at radius 1 is 0.158 bits per heavy atom. The topological polar surface area (TPSA) is 26.3 Å². The number of rotatable bonds is 12. The van der Waals surface area contributed by atoms with E-state index in [1.54, 1.807) is 0 Å². The Kier molecular flexibility index (Phi) is 18.4. The molecule has 0 N–H and O–H groups in total. The van der Waals surface area contributed by atoms with Gasteiger partial charge in [0.05, 0.1) is 0 Å². The highest BCUT2D eigenvalue weighted by Gasteiger charge is 2.49. The molecule has 23 aromatic rings. The fraction of sp³-hybridized carbons (Fsp3) is 0.113. The Morgan fingerprint density at radius 3 is 0.637 bits per heavy atom. The van der Waals surface area contributed by atoms with Gasteiger partial charge < -0.3 is 8.83 Å². The van der Waals surface area contributed by atoms with Crippen LogP contribution in [0.15, 0.2) is 433 Å². The molecule has 0 atom stereocenters. The molecule has 694 valence electrons. The van der Waals surface area contributed by atoms with E-state index in [1.165, 1.54) is 276 Å². The molecule has 146 heavy (non-hydrogen) atoms. The van der Waals surface area contributed by atoms with E-state index in [0.29, 0.717) is 0 Å². The lowest BCUT2D eigenvalue weighted by molar-refractivity contribution is 0.660. The largest absolute Gasteiger partial charge is 0.455 e. The Balaban J connectivity index is 0.467. The van der Waals surface area contributed by atoms with Crippen molar-refractivity contribution in [3.8, 4) is 200 Å². The first kappa shape index (κ1) is 86.3. The molecular formula is C142H106O2Si2. The van der Waals surface area contributed by atoms with E-state index >= 15 is 0 Å². The van der Waals surface area contributed by atoms with E-state index < -0.39 is 16.1 Å². The Hall–Kier alpha value is -16.3. The number of hydrogen-bond acceptors (Lipinski definition) is 2. The summed E-state index contributed by atoms with van der Waals surface area (Å²) in [5.74, 6) is 0. The van der Waals surface area contributed by atoms with E-state index in [1.807, 2.05) is 0 Å². The summed E-state index contributed by atoms with van der Waals surface area (Å²) in [7, 11) is -5.04. The summed E-state index contributed by atoms with van der Waals surface area (Å²) < 4.78 is 14.9. The van der Waals surface area contributed by atoms with Gasteiger partial charge in [-0.1, -0.05) is 397 Å². The normalized spacial score (nSPS) is 15.0. The molecule has 4 aliphatic carbocycles. The highest BCUT2D eigenvalue weighted by Crippen LogP contribution is 2.60. The van der Waals surface area contributed by atoms with Gasteiger partial charge in [-0.3, -0.25) is 0 Å². The van der Waals surface area contributed by atoms with Crippen molar-refractivity contribution in [1.82, 2.24) is 0 Å². The quantitative estimate of drug-likeness (QED) is 0.114. The van der Waals surface area contributed by atoms with Crippen LogP contribution >= 0.6 is 0 Å².